The lowest BCUT2D eigenvalue weighted by Gasteiger charge is -2.24. The van der Waals surface area contributed by atoms with Gasteiger partial charge in [0.1, 0.15) is 5.82 Å². The lowest BCUT2D eigenvalue weighted by Crippen LogP contribution is -2.38. The Kier molecular flexibility index (Phi) is 4.46. The van der Waals surface area contributed by atoms with E-state index >= 15 is 0 Å². The Labute approximate surface area is 145 Å². The van der Waals surface area contributed by atoms with Gasteiger partial charge < -0.3 is 4.90 Å². The van der Waals surface area contributed by atoms with Crippen molar-refractivity contribution in [3.63, 3.8) is 0 Å². The number of aryl methyl sites for hydroxylation is 1. The predicted octanol–water partition coefficient (Wildman–Crippen LogP) is 2.39. The van der Waals surface area contributed by atoms with Gasteiger partial charge in [-0.15, -0.1) is 0 Å². The number of carbonyl (C=O) groups excluding carboxylic acids is 1. The molecule has 0 aromatic heterocycles. The first kappa shape index (κ1) is 17.4. The zero-order valence-corrected chi connectivity index (χ0v) is 15.3. The van der Waals surface area contributed by atoms with Gasteiger partial charge in [0.05, 0.1) is 17.5 Å². The number of hydrogen-bond acceptors (Lipinski definition) is 4. The molecule has 8 heteroatoms. The van der Waals surface area contributed by atoms with Crippen molar-refractivity contribution in [1.82, 2.24) is 0 Å². The van der Waals surface area contributed by atoms with Crippen LogP contribution in [0, 0.1) is 18.7 Å². The number of sulfone groups is 1. The van der Waals surface area contributed by atoms with E-state index in [9.17, 15) is 17.6 Å². The second kappa shape index (κ2) is 6.15. The number of thioether (sulfide) groups is 1. The van der Waals surface area contributed by atoms with Crippen molar-refractivity contribution in [2.45, 2.75) is 32.1 Å². The Bertz CT molecular complexity index is 821. The first-order valence-corrected chi connectivity index (χ1v) is 10.4. The molecular weight excluding hydrogens is 351 g/mol. The Balaban J connectivity index is 2.04. The number of amides is 1. The number of rotatable bonds is 2. The maximum absolute atomic E-state index is 14.0. The first-order valence-electron chi connectivity index (χ1n) is 7.73. The molecule has 0 N–H and O–H groups in total. The lowest BCUT2D eigenvalue weighted by atomic mass is 10.1. The second-order valence-electron chi connectivity index (χ2n) is 6.49. The van der Waals surface area contributed by atoms with Gasteiger partial charge in [-0.3, -0.25) is 4.79 Å². The summed E-state index contributed by atoms with van der Waals surface area (Å²) in [5, 5.41) is 0.278. The molecule has 3 rings (SSSR count). The quantitative estimate of drug-likeness (QED) is 0.800. The maximum Gasteiger partial charge on any atom is 0.250 e. The summed E-state index contributed by atoms with van der Waals surface area (Å²) < 4.78 is 37.9. The van der Waals surface area contributed by atoms with Crippen LogP contribution in [0.3, 0.4) is 0 Å². The number of halogens is 1. The molecule has 1 aromatic rings. The average molecular weight is 370 g/mol. The highest BCUT2D eigenvalue weighted by molar-refractivity contribution is 8.16. The Morgan fingerprint density at radius 3 is 2.71 bits per heavy atom. The third-order valence-corrected chi connectivity index (χ3v) is 7.41. The molecule has 0 spiro atoms. The highest BCUT2D eigenvalue weighted by Crippen LogP contribution is 2.41. The summed E-state index contributed by atoms with van der Waals surface area (Å²) in [4.78, 5) is 17.9. The van der Waals surface area contributed by atoms with Crippen LogP contribution >= 0.6 is 11.8 Å². The van der Waals surface area contributed by atoms with E-state index in [-0.39, 0.29) is 40.4 Å². The summed E-state index contributed by atoms with van der Waals surface area (Å²) in [6, 6.07) is 4.44. The van der Waals surface area contributed by atoms with E-state index < -0.39 is 9.84 Å². The lowest BCUT2D eigenvalue weighted by molar-refractivity contribution is -0.120. The Morgan fingerprint density at radius 1 is 1.38 bits per heavy atom. The normalized spacial score (nSPS) is 27.0. The fourth-order valence-electron chi connectivity index (χ4n) is 2.82. The highest BCUT2D eigenvalue weighted by atomic mass is 32.2. The maximum atomic E-state index is 14.0. The Morgan fingerprint density at radius 2 is 2.08 bits per heavy atom. The minimum absolute atomic E-state index is 0.00491. The molecule has 0 radical (unpaired) electrons. The summed E-state index contributed by atoms with van der Waals surface area (Å²) in [6.07, 6.45) is 0. The van der Waals surface area contributed by atoms with Gasteiger partial charge in [-0.2, -0.15) is 4.99 Å². The van der Waals surface area contributed by atoms with Gasteiger partial charge in [0.25, 0.3) is 5.91 Å². The molecule has 2 heterocycles. The molecule has 2 fully saturated rings. The molecule has 24 heavy (non-hydrogen) atoms. The predicted molar refractivity (Wildman–Crippen MR) is 94.7 cm³/mol. The van der Waals surface area contributed by atoms with Crippen LogP contribution in [0.1, 0.15) is 19.4 Å². The van der Waals surface area contributed by atoms with Gasteiger partial charge in [-0.1, -0.05) is 31.7 Å². The van der Waals surface area contributed by atoms with Crippen LogP contribution in [0.5, 0.6) is 0 Å². The number of fused-ring (bicyclic) bond motifs is 1. The molecule has 0 unspecified atom stereocenters. The fraction of sp³-hybridized carbons (Fsp3) is 0.500. The van der Waals surface area contributed by atoms with Gasteiger partial charge in [-0.25, -0.2) is 12.8 Å². The Hall–Kier alpha value is -1.41. The minimum atomic E-state index is -3.13. The SMILES string of the molecule is Cc1ccc(N2C(=NC(=O)C(C)C)S[C@@H]3CS(=O)(=O)C[C@@H]32)cc1F. The third kappa shape index (κ3) is 3.21. The van der Waals surface area contributed by atoms with Gasteiger partial charge in [0.2, 0.25) is 0 Å². The summed E-state index contributed by atoms with van der Waals surface area (Å²) in [5.41, 5.74) is 1.04. The van der Waals surface area contributed by atoms with Crippen molar-refractivity contribution in [2.24, 2.45) is 10.9 Å². The topological polar surface area (TPSA) is 66.8 Å². The number of carbonyl (C=O) groups is 1. The van der Waals surface area contributed by atoms with Gasteiger partial charge in [0, 0.05) is 16.9 Å². The molecule has 0 bridgehead atoms. The van der Waals surface area contributed by atoms with E-state index in [0.717, 1.165) is 0 Å². The van der Waals surface area contributed by atoms with Crippen molar-refractivity contribution in [1.29, 1.82) is 0 Å². The van der Waals surface area contributed by atoms with Gasteiger partial charge >= 0.3 is 0 Å². The number of benzene rings is 1. The van der Waals surface area contributed by atoms with Crippen molar-refractivity contribution < 1.29 is 17.6 Å². The minimum Gasteiger partial charge on any atom is -0.315 e. The number of amidine groups is 1. The van der Waals surface area contributed by atoms with Crippen molar-refractivity contribution in [3.8, 4) is 0 Å². The van der Waals surface area contributed by atoms with E-state index in [1.807, 2.05) is 0 Å². The smallest absolute Gasteiger partial charge is 0.250 e. The summed E-state index contributed by atoms with van der Waals surface area (Å²) >= 11 is 1.30. The highest BCUT2D eigenvalue weighted by Gasteiger charge is 2.49. The van der Waals surface area contributed by atoms with Crippen LogP contribution < -0.4 is 4.90 Å². The molecule has 5 nitrogen and oxygen atoms in total. The fourth-order valence-corrected chi connectivity index (χ4v) is 6.74. The molecule has 2 atom stereocenters. The average Bonchev–Trinajstić information content (AvgIpc) is 2.93. The van der Waals surface area contributed by atoms with Gasteiger partial charge in [0.15, 0.2) is 15.0 Å². The van der Waals surface area contributed by atoms with Crippen LogP contribution in [0.4, 0.5) is 10.1 Å². The van der Waals surface area contributed by atoms with E-state index in [2.05, 4.69) is 4.99 Å². The van der Waals surface area contributed by atoms with Crippen LogP contribution in [0.2, 0.25) is 0 Å². The monoisotopic (exact) mass is 370 g/mol. The van der Waals surface area contributed by atoms with Crippen LogP contribution in [-0.2, 0) is 14.6 Å². The molecule has 2 aliphatic rings. The van der Waals surface area contributed by atoms with Crippen LogP contribution in [0.25, 0.3) is 0 Å². The molecule has 2 saturated heterocycles. The van der Waals surface area contributed by atoms with Crippen molar-refractivity contribution in [3.05, 3.63) is 29.6 Å². The molecule has 1 amide bonds. The van der Waals surface area contributed by atoms with E-state index in [1.54, 1.807) is 37.8 Å². The zero-order valence-electron chi connectivity index (χ0n) is 13.7. The molecule has 0 saturated carbocycles. The van der Waals surface area contributed by atoms with E-state index in [0.29, 0.717) is 16.4 Å². The molecule has 1 aromatic carbocycles. The summed E-state index contributed by atoms with van der Waals surface area (Å²) in [6.45, 7) is 5.18. The molecular formula is C16H19FN2O3S2. The van der Waals surface area contributed by atoms with E-state index in [1.165, 1.54) is 17.8 Å². The molecule has 0 aliphatic carbocycles. The second-order valence-corrected chi connectivity index (χ2v) is 9.85. The van der Waals surface area contributed by atoms with E-state index in [4.69, 9.17) is 0 Å². The van der Waals surface area contributed by atoms with Crippen LogP contribution in [-0.4, -0.2) is 42.3 Å². The third-order valence-electron chi connectivity index (χ3n) is 4.20. The van der Waals surface area contributed by atoms with Crippen molar-refractivity contribution in [2.75, 3.05) is 16.4 Å². The zero-order chi connectivity index (χ0) is 17.6. The summed E-state index contributed by atoms with van der Waals surface area (Å²) in [7, 11) is -3.13. The number of aliphatic imine (C=N–C) groups is 1. The standard InChI is InChI=1S/C16H19FN2O3S2/c1-9(2)15(20)18-16-19(11-5-4-10(3)12(17)6-11)13-7-24(21,22)8-14(13)23-16/h4-6,9,13-14H,7-8H2,1-3H3/t13-,14+/m0/s1. The molecule has 130 valence electrons. The largest absolute Gasteiger partial charge is 0.315 e. The number of nitrogens with zero attached hydrogens (tertiary/aromatic N) is 2. The number of hydrogen-bond donors (Lipinski definition) is 0. The van der Waals surface area contributed by atoms with Crippen LogP contribution in [0.15, 0.2) is 23.2 Å². The number of anilines is 1. The van der Waals surface area contributed by atoms with Crippen molar-refractivity contribution >= 4 is 38.4 Å². The summed E-state index contributed by atoms with van der Waals surface area (Å²) in [5.74, 6) is -0.829. The van der Waals surface area contributed by atoms with Gasteiger partial charge in [-0.05, 0) is 24.6 Å². The first-order chi connectivity index (χ1) is 11.2. The molecule has 2 aliphatic heterocycles.